The van der Waals surface area contributed by atoms with E-state index < -0.39 is 22.0 Å². The number of benzene rings is 3. The molecule has 0 spiro atoms. The van der Waals surface area contributed by atoms with Crippen molar-refractivity contribution in [3.8, 4) is 16.9 Å². The van der Waals surface area contributed by atoms with E-state index in [1.54, 1.807) is 30.3 Å². The van der Waals surface area contributed by atoms with E-state index in [4.69, 9.17) is 32.1 Å². The summed E-state index contributed by atoms with van der Waals surface area (Å²) in [5, 5.41) is 0.737. The maximum atomic E-state index is 14.4. The van der Waals surface area contributed by atoms with Crippen LogP contribution in [0.1, 0.15) is 24.0 Å². The fourth-order valence-electron chi connectivity index (χ4n) is 3.72. The average Bonchev–Trinajstić information content (AvgIpc) is 2.94. The Bertz CT molecular complexity index is 1220. The summed E-state index contributed by atoms with van der Waals surface area (Å²) < 4.78 is 51.1. The molecule has 1 heterocycles. The molecule has 0 aliphatic carbocycles. The fourth-order valence-corrected chi connectivity index (χ4v) is 5.25. The van der Waals surface area contributed by atoms with Crippen LogP contribution in [-0.4, -0.2) is 21.1 Å². The summed E-state index contributed by atoms with van der Waals surface area (Å²) >= 11 is 12.7. The minimum absolute atomic E-state index is 0.0859. The molecule has 4 rings (SSSR count). The first-order chi connectivity index (χ1) is 15.2. The van der Waals surface area contributed by atoms with Gasteiger partial charge in [-0.3, -0.25) is 4.18 Å². The molecular formula is C24H21Cl2FO4S. The molecule has 0 amide bonds. The molecule has 0 bridgehead atoms. The topological polar surface area (TPSA) is 52.6 Å². The van der Waals surface area contributed by atoms with E-state index >= 15 is 0 Å². The Morgan fingerprint density at radius 1 is 1.09 bits per heavy atom. The number of rotatable bonds is 5. The van der Waals surface area contributed by atoms with Crippen molar-refractivity contribution in [2.45, 2.75) is 37.2 Å². The van der Waals surface area contributed by atoms with E-state index in [0.29, 0.717) is 51.7 Å². The van der Waals surface area contributed by atoms with Gasteiger partial charge < -0.3 is 4.74 Å². The molecule has 3 aromatic carbocycles. The van der Waals surface area contributed by atoms with Crippen molar-refractivity contribution in [1.29, 1.82) is 0 Å². The Balaban J connectivity index is 1.63. The number of fused-ring (bicyclic) bond motifs is 1. The van der Waals surface area contributed by atoms with E-state index in [1.165, 1.54) is 24.3 Å². The van der Waals surface area contributed by atoms with Crippen molar-refractivity contribution in [3.63, 3.8) is 0 Å². The molecule has 32 heavy (non-hydrogen) atoms. The van der Waals surface area contributed by atoms with Gasteiger partial charge in [0.05, 0.1) is 14.9 Å². The van der Waals surface area contributed by atoms with Gasteiger partial charge >= 0.3 is 0 Å². The molecule has 0 aromatic heterocycles. The van der Waals surface area contributed by atoms with Gasteiger partial charge in [-0.15, -0.1) is 0 Å². The molecule has 0 fully saturated rings. The van der Waals surface area contributed by atoms with Crippen molar-refractivity contribution in [1.82, 2.24) is 0 Å². The maximum absolute atomic E-state index is 14.4. The van der Waals surface area contributed by atoms with E-state index in [2.05, 4.69) is 0 Å². The highest BCUT2D eigenvalue weighted by molar-refractivity contribution is 7.86. The van der Waals surface area contributed by atoms with Crippen LogP contribution in [0, 0.1) is 12.7 Å². The molecule has 0 saturated heterocycles. The molecule has 1 atom stereocenters. The minimum atomic E-state index is -3.93. The third kappa shape index (κ3) is 4.94. The second-order valence-corrected chi connectivity index (χ2v) is 10.2. The Hall–Kier alpha value is -2.12. The predicted octanol–water partition coefficient (Wildman–Crippen LogP) is 6.60. The predicted molar refractivity (Wildman–Crippen MR) is 124 cm³/mol. The van der Waals surface area contributed by atoms with Crippen LogP contribution in [0.25, 0.3) is 11.1 Å². The first kappa shape index (κ1) is 23.1. The number of hydrogen-bond donors (Lipinski definition) is 0. The van der Waals surface area contributed by atoms with Crippen molar-refractivity contribution in [2.75, 3.05) is 6.61 Å². The standard InChI is InChI=1S/C24H21Cl2FO4S/c1-15-8-10-19(11-9-15)32(28,29)30-14-18-5-2-4-16-12-17(27)13-20(24(16)31-18)23-21(25)6-3-7-22(23)26/h3,6-13,18H,2,4-5,14H2,1H3. The lowest BCUT2D eigenvalue weighted by Gasteiger charge is -2.21. The summed E-state index contributed by atoms with van der Waals surface area (Å²) in [6.45, 7) is 1.71. The zero-order valence-electron chi connectivity index (χ0n) is 17.3. The van der Waals surface area contributed by atoms with Crippen LogP contribution in [0.15, 0.2) is 59.5 Å². The number of hydrogen-bond acceptors (Lipinski definition) is 4. The normalized spacial score (nSPS) is 16.2. The largest absolute Gasteiger partial charge is 0.487 e. The third-order valence-corrected chi connectivity index (χ3v) is 7.26. The molecule has 0 N–H and O–H groups in total. The minimum Gasteiger partial charge on any atom is -0.487 e. The summed E-state index contributed by atoms with van der Waals surface area (Å²) in [6.07, 6.45) is 1.27. The molecule has 1 unspecified atom stereocenters. The summed E-state index contributed by atoms with van der Waals surface area (Å²) in [6, 6.07) is 14.2. The van der Waals surface area contributed by atoms with Crippen LogP contribution >= 0.6 is 23.2 Å². The lowest BCUT2D eigenvalue weighted by molar-refractivity contribution is 0.128. The Kier molecular flexibility index (Phi) is 6.77. The number of ether oxygens (including phenoxy) is 1. The summed E-state index contributed by atoms with van der Waals surface area (Å²) in [7, 11) is -3.93. The van der Waals surface area contributed by atoms with Gasteiger partial charge in [0.15, 0.2) is 0 Å². The SMILES string of the molecule is Cc1ccc(S(=O)(=O)OCC2CCCc3cc(F)cc(-c4c(Cl)cccc4Cl)c3O2)cc1. The highest BCUT2D eigenvalue weighted by Gasteiger charge is 2.26. The van der Waals surface area contributed by atoms with Gasteiger partial charge in [-0.2, -0.15) is 8.42 Å². The molecule has 1 aliphatic rings. The van der Waals surface area contributed by atoms with Gasteiger partial charge in [-0.25, -0.2) is 4.39 Å². The van der Waals surface area contributed by atoms with Crippen molar-refractivity contribution in [2.24, 2.45) is 0 Å². The van der Waals surface area contributed by atoms with Gasteiger partial charge in [0.1, 0.15) is 24.3 Å². The molecule has 1 aliphatic heterocycles. The van der Waals surface area contributed by atoms with E-state index in [1.807, 2.05) is 6.92 Å². The molecule has 0 saturated carbocycles. The number of halogens is 3. The van der Waals surface area contributed by atoms with Crippen LogP contribution < -0.4 is 4.74 Å². The summed E-state index contributed by atoms with van der Waals surface area (Å²) in [5.41, 5.74) is 2.54. The Morgan fingerprint density at radius 2 is 1.78 bits per heavy atom. The molecule has 0 radical (unpaired) electrons. The van der Waals surface area contributed by atoms with Crippen LogP contribution in [0.5, 0.6) is 5.75 Å². The second kappa shape index (κ2) is 9.40. The first-order valence-electron chi connectivity index (χ1n) is 10.1. The van der Waals surface area contributed by atoms with Gasteiger partial charge in [-0.1, -0.05) is 47.0 Å². The molecular weight excluding hydrogens is 474 g/mol. The fraction of sp³-hybridized carbons (Fsp3) is 0.250. The van der Waals surface area contributed by atoms with E-state index in [-0.39, 0.29) is 11.5 Å². The van der Waals surface area contributed by atoms with E-state index in [9.17, 15) is 12.8 Å². The van der Waals surface area contributed by atoms with Crippen molar-refractivity contribution < 1.29 is 21.7 Å². The van der Waals surface area contributed by atoms with Crippen LogP contribution in [0.4, 0.5) is 4.39 Å². The first-order valence-corrected chi connectivity index (χ1v) is 12.3. The monoisotopic (exact) mass is 494 g/mol. The molecule has 8 heteroatoms. The highest BCUT2D eigenvalue weighted by atomic mass is 35.5. The molecule has 4 nitrogen and oxygen atoms in total. The Labute approximate surface area is 197 Å². The zero-order valence-corrected chi connectivity index (χ0v) is 19.6. The smallest absolute Gasteiger partial charge is 0.297 e. The van der Waals surface area contributed by atoms with Gasteiger partial charge in [-0.05, 0) is 68.1 Å². The second-order valence-electron chi connectivity index (χ2n) is 7.72. The number of aryl methyl sites for hydroxylation is 2. The quantitative estimate of drug-likeness (QED) is 0.375. The Morgan fingerprint density at radius 3 is 2.47 bits per heavy atom. The van der Waals surface area contributed by atoms with Crippen molar-refractivity contribution >= 4 is 33.3 Å². The van der Waals surface area contributed by atoms with Gasteiger partial charge in [0, 0.05) is 11.1 Å². The van der Waals surface area contributed by atoms with E-state index in [0.717, 1.165) is 5.56 Å². The highest BCUT2D eigenvalue weighted by Crippen LogP contribution is 2.43. The average molecular weight is 495 g/mol. The van der Waals surface area contributed by atoms with Crippen molar-refractivity contribution in [3.05, 3.63) is 81.6 Å². The molecule has 3 aromatic rings. The lowest BCUT2D eigenvalue weighted by atomic mass is 9.98. The summed E-state index contributed by atoms with van der Waals surface area (Å²) in [5.74, 6) is 0.0234. The summed E-state index contributed by atoms with van der Waals surface area (Å²) in [4.78, 5) is 0.0859. The van der Waals surface area contributed by atoms with Gasteiger partial charge in [0.25, 0.3) is 10.1 Å². The third-order valence-electron chi connectivity index (χ3n) is 5.34. The molecule has 168 valence electrons. The zero-order chi connectivity index (χ0) is 22.9. The van der Waals surface area contributed by atoms with Gasteiger partial charge in [0.2, 0.25) is 0 Å². The van der Waals surface area contributed by atoms with Crippen LogP contribution in [-0.2, 0) is 20.7 Å². The van der Waals surface area contributed by atoms with Crippen LogP contribution in [0.3, 0.4) is 0 Å². The lowest BCUT2D eigenvalue weighted by Crippen LogP contribution is -2.24. The maximum Gasteiger partial charge on any atom is 0.297 e. The van der Waals surface area contributed by atoms with Crippen LogP contribution in [0.2, 0.25) is 10.0 Å².